The van der Waals surface area contributed by atoms with Crippen LogP contribution in [0.5, 0.6) is 0 Å². The Kier molecular flexibility index (Phi) is 7.14. The van der Waals surface area contributed by atoms with E-state index in [4.69, 9.17) is 9.97 Å². The number of nitrogens with zero attached hydrogens (tertiary/aromatic N) is 3. The van der Waals surface area contributed by atoms with Crippen molar-refractivity contribution < 1.29 is 0 Å². The molecule has 0 saturated heterocycles. The lowest BCUT2D eigenvalue weighted by atomic mass is 9.66. The predicted molar refractivity (Wildman–Crippen MR) is 197 cm³/mol. The Hall–Kier alpha value is -5.67. The van der Waals surface area contributed by atoms with E-state index in [1.165, 1.54) is 55.6 Å². The molecule has 7 aromatic rings. The van der Waals surface area contributed by atoms with Gasteiger partial charge in [0, 0.05) is 22.5 Å². The molecule has 0 spiro atoms. The fourth-order valence-electron chi connectivity index (χ4n) is 7.97. The van der Waals surface area contributed by atoms with E-state index >= 15 is 0 Å². The average Bonchev–Trinajstić information content (AvgIpc) is 3.39. The highest BCUT2D eigenvalue weighted by atomic mass is 14.9. The molecule has 2 heterocycles. The summed E-state index contributed by atoms with van der Waals surface area (Å²) in [6, 6.07) is 48.8. The molecule has 232 valence electrons. The van der Waals surface area contributed by atoms with Crippen molar-refractivity contribution in [3.63, 3.8) is 0 Å². The Labute approximate surface area is 283 Å². The zero-order valence-electron chi connectivity index (χ0n) is 28.0. The smallest absolute Gasteiger partial charge is 0.126 e. The average molecular weight is 620 g/mol. The first-order valence-electron chi connectivity index (χ1n) is 16.6. The number of aryl methyl sites for hydroxylation is 5. The van der Waals surface area contributed by atoms with Crippen molar-refractivity contribution >= 4 is 0 Å². The van der Waals surface area contributed by atoms with Gasteiger partial charge in [-0.2, -0.15) is 0 Å². The van der Waals surface area contributed by atoms with Crippen LogP contribution in [-0.4, -0.2) is 15.0 Å². The lowest BCUT2D eigenvalue weighted by Crippen LogP contribution is -2.29. The van der Waals surface area contributed by atoms with E-state index in [1.807, 2.05) is 13.8 Å². The molecule has 0 N–H and O–H groups in total. The Bertz CT molecular complexity index is 2310. The molecule has 2 aromatic heterocycles. The number of rotatable bonds is 5. The molecule has 48 heavy (non-hydrogen) atoms. The second-order valence-corrected chi connectivity index (χ2v) is 13.1. The molecule has 0 radical (unpaired) electrons. The van der Waals surface area contributed by atoms with Crippen LogP contribution in [0.1, 0.15) is 50.6 Å². The van der Waals surface area contributed by atoms with Crippen molar-refractivity contribution in [3.8, 4) is 44.8 Å². The molecule has 1 aliphatic carbocycles. The van der Waals surface area contributed by atoms with Crippen LogP contribution in [0, 0.1) is 34.6 Å². The first-order chi connectivity index (χ1) is 23.3. The van der Waals surface area contributed by atoms with Gasteiger partial charge in [0.25, 0.3) is 0 Å². The molecule has 3 heteroatoms. The van der Waals surface area contributed by atoms with E-state index in [-0.39, 0.29) is 0 Å². The SMILES string of the molecule is Cc1cc(C)nc(-c2ccccc2-c2ccc(C)c(C3(c4ccccc4)c4ccccc4-c4c(-c5cc(C)nc(C)n5)cccc43)c2)c1. The van der Waals surface area contributed by atoms with Gasteiger partial charge in [0.2, 0.25) is 0 Å². The summed E-state index contributed by atoms with van der Waals surface area (Å²) < 4.78 is 0. The molecule has 1 unspecified atom stereocenters. The van der Waals surface area contributed by atoms with Crippen molar-refractivity contribution in [1.82, 2.24) is 15.0 Å². The summed E-state index contributed by atoms with van der Waals surface area (Å²) in [6.45, 7) is 10.5. The standard InChI is InChI=1S/C45H37N3/c1-28-24-30(3)47-42(25-28)36-17-10-9-16-35(36)33-23-22-29(2)41(27-33)45(34-14-7-6-8-15-34)39-20-12-11-18-37(39)44-38(19-13-21-40(44)45)43-26-31(4)46-32(5)48-43/h6-27H,1-5H3. The van der Waals surface area contributed by atoms with Crippen LogP contribution >= 0.6 is 0 Å². The van der Waals surface area contributed by atoms with Crippen LogP contribution in [-0.2, 0) is 5.41 Å². The summed E-state index contributed by atoms with van der Waals surface area (Å²) in [6.07, 6.45) is 0. The van der Waals surface area contributed by atoms with E-state index in [0.717, 1.165) is 39.7 Å². The molecule has 0 saturated carbocycles. The summed E-state index contributed by atoms with van der Waals surface area (Å²) >= 11 is 0. The van der Waals surface area contributed by atoms with Gasteiger partial charge in [-0.3, -0.25) is 4.98 Å². The lowest BCUT2D eigenvalue weighted by molar-refractivity contribution is 0.761. The molecule has 0 amide bonds. The molecule has 1 aliphatic rings. The Balaban J connectivity index is 1.45. The van der Waals surface area contributed by atoms with Crippen molar-refractivity contribution in [3.05, 3.63) is 184 Å². The summed E-state index contributed by atoms with van der Waals surface area (Å²) in [4.78, 5) is 14.5. The summed E-state index contributed by atoms with van der Waals surface area (Å²) in [5, 5.41) is 0. The number of fused-ring (bicyclic) bond motifs is 3. The van der Waals surface area contributed by atoms with Gasteiger partial charge in [0.1, 0.15) is 5.82 Å². The molecule has 3 nitrogen and oxygen atoms in total. The zero-order valence-corrected chi connectivity index (χ0v) is 28.0. The quantitative estimate of drug-likeness (QED) is 0.192. The van der Waals surface area contributed by atoms with Gasteiger partial charge in [-0.05, 0) is 115 Å². The molecule has 1 atom stereocenters. The fraction of sp³-hybridized carbons (Fsp3) is 0.133. The van der Waals surface area contributed by atoms with Crippen LogP contribution in [0.3, 0.4) is 0 Å². The third-order valence-corrected chi connectivity index (χ3v) is 9.77. The number of pyridine rings is 1. The van der Waals surface area contributed by atoms with Gasteiger partial charge in [-0.25, -0.2) is 9.97 Å². The maximum absolute atomic E-state index is 4.97. The van der Waals surface area contributed by atoms with Gasteiger partial charge >= 0.3 is 0 Å². The van der Waals surface area contributed by atoms with Crippen molar-refractivity contribution in [1.29, 1.82) is 0 Å². The van der Waals surface area contributed by atoms with Gasteiger partial charge in [-0.15, -0.1) is 0 Å². The first kappa shape index (κ1) is 29.7. The molecular formula is C45H37N3. The van der Waals surface area contributed by atoms with E-state index in [1.54, 1.807) is 0 Å². The van der Waals surface area contributed by atoms with Crippen molar-refractivity contribution in [2.24, 2.45) is 0 Å². The highest BCUT2D eigenvalue weighted by Gasteiger charge is 2.47. The predicted octanol–water partition coefficient (Wildman–Crippen LogP) is 10.8. The summed E-state index contributed by atoms with van der Waals surface area (Å²) in [5.41, 5.74) is 18.0. The summed E-state index contributed by atoms with van der Waals surface area (Å²) in [7, 11) is 0. The lowest BCUT2D eigenvalue weighted by Gasteiger charge is -2.35. The van der Waals surface area contributed by atoms with Crippen molar-refractivity contribution in [2.75, 3.05) is 0 Å². The van der Waals surface area contributed by atoms with Gasteiger partial charge in [0.05, 0.1) is 16.8 Å². The topological polar surface area (TPSA) is 38.7 Å². The minimum absolute atomic E-state index is 0.548. The highest BCUT2D eigenvalue weighted by molar-refractivity contribution is 5.95. The maximum atomic E-state index is 4.97. The molecule has 0 aliphatic heterocycles. The zero-order chi connectivity index (χ0) is 33.0. The van der Waals surface area contributed by atoms with E-state index in [2.05, 4.69) is 159 Å². The van der Waals surface area contributed by atoms with E-state index < -0.39 is 5.41 Å². The van der Waals surface area contributed by atoms with Gasteiger partial charge in [-0.1, -0.05) is 109 Å². The molecule has 5 aromatic carbocycles. The maximum Gasteiger partial charge on any atom is 0.126 e. The monoisotopic (exact) mass is 619 g/mol. The molecular weight excluding hydrogens is 583 g/mol. The van der Waals surface area contributed by atoms with Crippen LogP contribution in [0.15, 0.2) is 133 Å². The van der Waals surface area contributed by atoms with Gasteiger partial charge in [0.15, 0.2) is 0 Å². The number of benzene rings is 5. The van der Waals surface area contributed by atoms with Gasteiger partial charge < -0.3 is 0 Å². The fourth-order valence-corrected chi connectivity index (χ4v) is 7.97. The third-order valence-electron chi connectivity index (χ3n) is 9.77. The normalized spacial score (nSPS) is 14.9. The van der Waals surface area contributed by atoms with Crippen LogP contribution in [0.25, 0.3) is 44.8 Å². The number of hydrogen-bond donors (Lipinski definition) is 0. The largest absolute Gasteiger partial charge is 0.253 e. The van der Waals surface area contributed by atoms with Crippen LogP contribution < -0.4 is 0 Å². The molecule has 0 fully saturated rings. The van der Waals surface area contributed by atoms with E-state index in [0.29, 0.717) is 0 Å². The minimum Gasteiger partial charge on any atom is -0.253 e. The van der Waals surface area contributed by atoms with Crippen molar-refractivity contribution in [2.45, 2.75) is 40.0 Å². The van der Waals surface area contributed by atoms with Crippen LogP contribution in [0.4, 0.5) is 0 Å². The highest BCUT2D eigenvalue weighted by Crippen LogP contribution is 2.59. The Morgan fingerprint density at radius 1 is 0.438 bits per heavy atom. The number of aromatic nitrogens is 3. The Morgan fingerprint density at radius 2 is 1.08 bits per heavy atom. The third kappa shape index (κ3) is 4.69. The second-order valence-electron chi connectivity index (χ2n) is 13.1. The Morgan fingerprint density at radius 3 is 1.85 bits per heavy atom. The van der Waals surface area contributed by atoms with Crippen LogP contribution in [0.2, 0.25) is 0 Å². The molecule has 8 rings (SSSR count). The summed E-state index contributed by atoms with van der Waals surface area (Å²) in [5.74, 6) is 0.781. The minimum atomic E-state index is -0.548. The molecule has 0 bridgehead atoms. The number of hydrogen-bond acceptors (Lipinski definition) is 3. The second kappa shape index (κ2) is 11.5. The first-order valence-corrected chi connectivity index (χ1v) is 16.6. The van der Waals surface area contributed by atoms with E-state index in [9.17, 15) is 0 Å².